The zero-order valence-corrected chi connectivity index (χ0v) is 17.2. The second kappa shape index (κ2) is 10.9. The number of amidine groups is 1. The van der Waals surface area contributed by atoms with E-state index in [1.54, 1.807) is 18.5 Å². The van der Waals surface area contributed by atoms with Crippen molar-refractivity contribution in [3.8, 4) is 0 Å². The minimum absolute atomic E-state index is 0.0173. The summed E-state index contributed by atoms with van der Waals surface area (Å²) in [5.74, 6) is 0.825. The lowest BCUT2D eigenvalue weighted by Gasteiger charge is -2.20. The Hall–Kier alpha value is -2.45. The van der Waals surface area contributed by atoms with Crippen molar-refractivity contribution in [3.63, 3.8) is 0 Å². The van der Waals surface area contributed by atoms with E-state index in [-0.39, 0.29) is 29.9 Å². The number of rotatable bonds is 7. The van der Waals surface area contributed by atoms with E-state index in [1.165, 1.54) is 18.0 Å². The maximum absolute atomic E-state index is 12.7. The van der Waals surface area contributed by atoms with Gasteiger partial charge in [-0.1, -0.05) is 18.7 Å². The molecule has 0 bridgehead atoms. The summed E-state index contributed by atoms with van der Waals surface area (Å²) in [7, 11) is 0. The number of nitrogens with one attached hydrogen (secondary N) is 1. The molecular weight excluding hydrogens is 390 g/mol. The first-order valence-electron chi connectivity index (χ1n) is 9.71. The van der Waals surface area contributed by atoms with Gasteiger partial charge in [0.15, 0.2) is 5.17 Å². The smallest absolute Gasteiger partial charge is 0.258 e. The van der Waals surface area contributed by atoms with E-state index in [0.29, 0.717) is 29.7 Å². The lowest BCUT2D eigenvalue weighted by atomic mass is 9.96. The normalized spacial score (nSPS) is 15.3. The monoisotopic (exact) mass is 415 g/mol. The predicted octanol–water partition coefficient (Wildman–Crippen LogP) is 3.25. The number of pyridine rings is 1. The molecule has 0 radical (unpaired) electrons. The predicted molar refractivity (Wildman–Crippen MR) is 112 cm³/mol. The van der Waals surface area contributed by atoms with Gasteiger partial charge >= 0.3 is 0 Å². The van der Waals surface area contributed by atoms with Crippen molar-refractivity contribution in [1.29, 1.82) is 0 Å². The standard InChI is InChI=1S/C21H25N3O4S/c1-2-15-10-17(12-22-11-15)20(26)24-21(23-13-18-4-3-7-28-18)29-14-19(25)16-5-8-27-9-6-16/h3-4,7,10-12,16H,2,5-6,8-9,13-14H2,1H3,(H,23,24,26). The third kappa shape index (κ3) is 6.54. The number of furan rings is 1. The van der Waals surface area contributed by atoms with Gasteiger partial charge in [-0.25, -0.2) is 0 Å². The van der Waals surface area contributed by atoms with Gasteiger partial charge in [-0.3, -0.25) is 19.6 Å². The van der Waals surface area contributed by atoms with Crippen LogP contribution in [0.2, 0.25) is 0 Å². The Balaban J connectivity index is 1.65. The van der Waals surface area contributed by atoms with Gasteiger partial charge in [-0.05, 0) is 43.0 Å². The molecule has 29 heavy (non-hydrogen) atoms. The van der Waals surface area contributed by atoms with Gasteiger partial charge in [0.25, 0.3) is 5.91 Å². The molecule has 3 heterocycles. The molecule has 2 aromatic heterocycles. The van der Waals surface area contributed by atoms with E-state index in [4.69, 9.17) is 9.15 Å². The van der Waals surface area contributed by atoms with E-state index in [0.717, 1.165) is 24.8 Å². The summed E-state index contributed by atoms with van der Waals surface area (Å²) in [4.78, 5) is 33.7. The van der Waals surface area contributed by atoms with Gasteiger partial charge in [0.2, 0.25) is 0 Å². The molecular formula is C21H25N3O4S. The Morgan fingerprint density at radius 3 is 2.86 bits per heavy atom. The molecule has 0 aliphatic carbocycles. The van der Waals surface area contributed by atoms with Crippen molar-refractivity contribution in [1.82, 2.24) is 10.3 Å². The first-order valence-corrected chi connectivity index (χ1v) is 10.7. The van der Waals surface area contributed by atoms with Gasteiger partial charge in [0, 0.05) is 31.5 Å². The first-order chi connectivity index (χ1) is 14.2. The highest BCUT2D eigenvalue weighted by Crippen LogP contribution is 2.19. The molecule has 1 N–H and O–H groups in total. The van der Waals surface area contributed by atoms with Crippen LogP contribution in [0.15, 0.2) is 46.3 Å². The van der Waals surface area contributed by atoms with Crippen LogP contribution in [0.1, 0.15) is 41.4 Å². The van der Waals surface area contributed by atoms with E-state index in [1.807, 2.05) is 19.1 Å². The Kier molecular flexibility index (Phi) is 8.01. The number of aliphatic imine (C=N–C) groups is 1. The number of carbonyl (C=O) groups excluding carboxylic acids is 2. The molecule has 8 heteroatoms. The fraction of sp³-hybridized carbons (Fsp3) is 0.429. The van der Waals surface area contributed by atoms with E-state index in [2.05, 4.69) is 15.3 Å². The molecule has 0 saturated carbocycles. The number of hydrogen-bond donors (Lipinski definition) is 1. The molecule has 1 aliphatic rings. The quantitative estimate of drug-likeness (QED) is 0.551. The van der Waals surface area contributed by atoms with Crippen LogP contribution in [-0.2, 0) is 22.5 Å². The minimum Gasteiger partial charge on any atom is -0.467 e. The highest BCUT2D eigenvalue weighted by atomic mass is 32.2. The van der Waals surface area contributed by atoms with Crippen LogP contribution in [0.4, 0.5) is 0 Å². The van der Waals surface area contributed by atoms with Crippen LogP contribution >= 0.6 is 11.8 Å². The molecule has 1 saturated heterocycles. The zero-order valence-electron chi connectivity index (χ0n) is 16.4. The molecule has 1 amide bonds. The van der Waals surface area contributed by atoms with Gasteiger partial charge in [0.05, 0.1) is 24.1 Å². The number of aromatic nitrogens is 1. The summed E-state index contributed by atoms with van der Waals surface area (Å²) < 4.78 is 10.6. The van der Waals surface area contributed by atoms with Gasteiger partial charge < -0.3 is 14.5 Å². The summed E-state index contributed by atoms with van der Waals surface area (Å²) in [5.41, 5.74) is 1.44. The summed E-state index contributed by atoms with van der Waals surface area (Å²) in [6, 6.07) is 5.41. The number of Topliss-reactive ketones (excluding diaryl/α,β-unsaturated/α-hetero) is 1. The topological polar surface area (TPSA) is 93.8 Å². The minimum atomic E-state index is -0.294. The molecule has 0 unspecified atom stereocenters. The molecule has 1 aliphatic heterocycles. The maximum atomic E-state index is 12.7. The number of ketones is 1. The molecule has 0 spiro atoms. The Bertz CT molecular complexity index is 845. The SMILES string of the molecule is CCc1cncc(C(=O)NC(=NCc2ccco2)SCC(=O)C2CCOCC2)c1. The fourth-order valence-corrected chi connectivity index (χ4v) is 3.76. The van der Waals surface area contributed by atoms with Crippen molar-refractivity contribution in [2.45, 2.75) is 32.7 Å². The molecule has 7 nitrogen and oxygen atoms in total. The van der Waals surface area contributed by atoms with Crippen LogP contribution in [-0.4, -0.2) is 40.8 Å². The first kappa shape index (κ1) is 21.3. The Labute approximate surface area is 174 Å². The molecule has 1 fully saturated rings. The lowest BCUT2D eigenvalue weighted by molar-refractivity contribution is -0.123. The van der Waals surface area contributed by atoms with Crippen LogP contribution in [0.5, 0.6) is 0 Å². The lowest BCUT2D eigenvalue weighted by Crippen LogP contribution is -2.31. The molecule has 0 atom stereocenters. The zero-order chi connectivity index (χ0) is 20.5. The average molecular weight is 416 g/mol. The number of carbonyl (C=O) groups is 2. The third-order valence-corrected chi connectivity index (χ3v) is 5.61. The van der Waals surface area contributed by atoms with Gasteiger partial charge in [-0.15, -0.1) is 0 Å². The number of thioether (sulfide) groups is 1. The Morgan fingerprint density at radius 2 is 2.14 bits per heavy atom. The van der Waals surface area contributed by atoms with Crippen LogP contribution in [0.3, 0.4) is 0 Å². The van der Waals surface area contributed by atoms with Crippen molar-refractivity contribution in [2.24, 2.45) is 10.9 Å². The van der Waals surface area contributed by atoms with Crippen molar-refractivity contribution >= 4 is 28.6 Å². The summed E-state index contributed by atoms with van der Waals surface area (Å²) in [5, 5.41) is 3.22. The van der Waals surface area contributed by atoms with Gasteiger partial charge in [-0.2, -0.15) is 0 Å². The number of amides is 1. The number of aryl methyl sites for hydroxylation is 1. The number of ether oxygens (including phenoxy) is 1. The van der Waals surface area contributed by atoms with Crippen LogP contribution in [0, 0.1) is 5.92 Å². The summed E-state index contributed by atoms with van der Waals surface area (Å²) in [6.45, 7) is 3.54. The van der Waals surface area contributed by atoms with Crippen molar-refractivity contribution in [3.05, 3.63) is 53.7 Å². The summed E-state index contributed by atoms with van der Waals surface area (Å²) >= 11 is 1.24. The van der Waals surface area contributed by atoms with Crippen LogP contribution in [0.25, 0.3) is 0 Å². The molecule has 0 aromatic carbocycles. The molecule has 2 aromatic rings. The highest BCUT2D eigenvalue weighted by molar-refractivity contribution is 8.14. The number of nitrogens with zero attached hydrogens (tertiary/aromatic N) is 2. The number of hydrogen-bond acceptors (Lipinski definition) is 7. The fourth-order valence-electron chi connectivity index (χ4n) is 2.92. The Morgan fingerprint density at radius 1 is 1.31 bits per heavy atom. The highest BCUT2D eigenvalue weighted by Gasteiger charge is 2.22. The maximum Gasteiger partial charge on any atom is 0.258 e. The van der Waals surface area contributed by atoms with Gasteiger partial charge in [0.1, 0.15) is 11.5 Å². The second-order valence-electron chi connectivity index (χ2n) is 6.73. The van der Waals surface area contributed by atoms with E-state index >= 15 is 0 Å². The van der Waals surface area contributed by atoms with Crippen molar-refractivity contribution in [2.75, 3.05) is 19.0 Å². The largest absolute Gasteiger partial charge is 0.467 e. The average Bonchev–Trinajstić information content (AvgIpc) is 3.29. The molecule has 154 valence electrons. The van der Waals surface area contributed by atoms with E-state index < -0.39 is 0 Å². The summed E-state index contributed by atoms with van der Waals surface area (Å²) in [6.07, 6.45) is 7.13. The molecule has 3 rings (SSSR count). The van der Waals surface area contributed by atoms with E-state index in [9.17, 15) is 9.59 Å². The van der Waals surface area contributed by atoms with Crippen LogP contribution < -0.4 is 5.32 Å². The third-order valence-electron chi connectivity index (χ3n) is 4.67. The second-order valence-corrected chi connectivity index (χ2v) is 7.70. The van der Waals surface area contributed by atoms with Crippen molar-refractivity contribution < 1.29 is 18.7 Å².